The lowest BCUT2D eigenvalue weighted by Gasteiger charge is -2.36. The number of amides is 1. The van der Waals surface area contributed by atoms with Gasteiger partial charge in [-0.1, -0.05) is 0 Å². The van der Waals surface area contributed by atoms with Gasteiger partial charge in [-0.2, -0.15) is 0 Å². The van der Waals surface area contributed by atoms with Gasteiger partial charge in [-0.25, -0.2) is 13.5 Å². The fraction of sp³-hybridized carbons (Fsp3) is 0.520. The van der Waals surface area contributed by atoms with Crippen LogP contribution in [0.3, 0.4) is 0 Å². The third kappa shape index (κ3) is 6.55. The fourth-order valence-electron chi connectivity index (χ4n) is 4.29. The minimum absolute atomic E-state index is 0.154. The molecule has 1 amide bonds. The summed E-state index contributed by atoms with van der Waals surface area (Å²) in [4.78, 5) is 22.3. The Kier molecular flexibility index (Phi) is 9.04. The molecule has 0 radical (unpaired) electrons. The number of hydrogen-bond acceptors (Lipinski definition) is 6. The zero-order valence-corrected chi connectivity index (χ0v) is 21.9. The van der Waals surface area contributed by atoms with Crippen LogP contribution in [0.5, 0.6) is 5.75 Å². The van der Waals surface area contributed by atoms with Crippen molar-refractivity contribution in [1.82, 2.24) is 14.2 Å². The topological polar surface area (TPSA) is 78.0 Å². The number of rotatable bonds is 9. The molecule has 1 atom stereocenters. The number of aromatic nitrogens is 1. The lowest BCUT2D eigenvalue weighted by atomic mass is 10.0. The van der Waals surface area contributed by atoms with Gasteiger partial charge in [-0.15, -0.1) is 0 Å². The van der Waals surface area contributed by atoms with Gasteiger partial charge in [0.2, 0.25) is 5.91 Å². The molecule has 9 heteroatoms. The molecule has 0 spiro atoms. The van der Waals surface area contributed by atoms with E-state index in [1.807, 2.05) is 44.3 Å². The molecule has 1 N–H and O–H groups in total. The Morgan fingerprint density at radius 3 is 2.35 bits per heavy atom. The molecule has 2 heterocycles. The van der Waals surface area contributed by atoms with Crippen molar-refractivity contribution in [3.05, 3.63) is 41.6 Å². The molecule has 3 rings (SSSR count). The van der Waals surface area contributed by atoms with E-state index in [-0.39, 0.29) is 12.3 Å². The first kappa shape index (κ1) is 26.1. The smallest absolute Gasteiger partial charge is 0.226 e. The van der Waals surface area contributed by atoms with Crippen LogP contribution >= 0.6 is 0 Å². The molecule has 1 aromatic carbocycles. The van der Waals surface area contributed by atoms with Gasteiger partial charge in [0.15, 0.2) is 0 Å². The first-order valence-electron chi connectivity index (χ1n) is 11.6. The second-order valence-corrected chi connectivity index (χ2v) is 10.6. The number of nitrogens with zero attached hydrogens (tertiary/aromatic N) is 4. The standard InChI is InChI=1S/C25H37N5O3S/c1-18-15-22(33-6)16-19(2)25(18)34(32)29(5)12-11-24(31)27-23-8-7-21(17-26-23)30-13-9-20(10-14-30)28(3)4/h7-8,15-17,20H,9-14H2,1-6H3,(H,26,27,31). The van der Waals surface area contributed by atoms with Crippen molar-refractivity contribution in [3.8, 4) is 5.75 Å². The summed E-state index contributed by atoms with van der Waals surface area (Å²) < 4.78 is 20.0. The van der Waals surface area contributed by atoms with Gasteiger partial charge in [0.1, 0.15) is 22.6 Å². The number of carbonyl (C=O) groups excluding carboxylic acids is 1. The number of ether oxygens (including phenoxy) is 1. The molecule has 186 valence electrons. The fourth-order valence-corrected chi connectivity index (χ4v) is 5.53. The van der Waals surface area contributed by atoms with E-state index in [0.29, 0.717) is 18.4 Å². The quantitative estimate of drug-likeness (QED) is 0.585. The van der Waals surface area contributed by atoms with Gasteiger partial charge >= 0.3 is 0 Å². The molecule has 0 bridgehead atoms. The van der Waals surface area contributed by atoms with E-state index in [0.717, 1.165) is 53.4 Å². The lowest BCUT2D eigenvalue weighted by Crippen LogP contribution is -2.42. The van der Waals surface area contributed by atoms with E-state index in [1.54, 1.807) is 18.5 Å². The van der Waals surface area contributed by atoms with Crippen LogP contribution in [0.4, 0.5) is 11.5 Å². The van der Waals surface area contributed by atoms with E-state index < -0.39 is 11.0 Å². The first-order valence-corrected chi connectivity index (χ1v) is 12.8. The highest BCUT2D eigenvalue weighted by Crippen LogP contribution is 2.26. The molecular formula is C25H37N5O3S. The van der Waals surface area contributed by atoms with Crippen LogP contribution < -0.4 is 15.0 Å². The molecule has 0 saturated carbocycles. The number of carbonyl (C=O) groups is 1. The number of aryl methyl sites for hydroxylation is 2. The third-order valence-corrected chi connectivity index (χ3v) is 8.10. The van der Waals surface area contributed by atoms with E-state index >= 15 is 0 Å². The van der Waals surface area contributed by atoms with Crippen molar-refractivity contribution in [3.63, 3.8) is 0 Å². The average Bonchev–Trinajstić information content (AvgIpc) is 2.82. The van der Waals surface area contributed by atoms with Crippen LogP contribution in [-0.4, -0.2) is 78.2 Å². The maximum absolute atomic E-state index is 13.0. The normalized spacial score (nSPS) is 15.6. The van der Waals surface area contributed by atoms with Crippen LogP contribution in [0.2, 0.25) is 0 Å². The van der Waals surface area contributed by atoms with Crippen molar-refractivity contribution >= 4 is 28.4 Å². The van der Waals surface area contributed by atoms with Gasteiger partial charge in [-0.05, 0) is 76.2 Å². The molecule has 1 aromatic heterocycles. The lowest BCUT2D eigenvalue weighted by molar-refractivity contribution is -0.116. The van der Waals surface area contributed by atoms with E-state index in [2.05, 4.69) is 34.2 Å². The molecule has 1 saturated heterocycles. The molecular weight excluding hydrogens is 450 g/mol. The maximum Gasteiger partial charge on any atom is 0.226 e. The number of piperidine rings is 1. The Hall–Kier alpha value is -2.49. The zero-order chi connectivity index (χ0) is 24.8. The number of anilines is 2. The molecule has 8 nitrogen and oxygen atoms in total. The molecule has 1 aliphatic rings. The van der Waals surface area contributed by atoms with Crippen LogP contribution in [0, 0.1) is 13.8 Å². The highest BCUT2D eigenvalue weighted by Gasteiger charge is 2.21. The predicted molar refractivity (Wildman–Crippen MR) is 138 cm³/mol. The van der Waals surface area contributed by atoms with Gasteiger partial charge < -0.3 is 19.9 Å². The predicted octanol–water partition coefficient (Wildman–Crippen LogP) is 3.22. The summed E-state index contributed by atoms with van der Waals surface area (Å²) in [5.41, 5.74) is 2.89. The largest absolute Gasteiger partial charge is 0.497 e. The van der Waals surface area contributed by atoms with Gasteiger partial charge in [0, 0.05) is 39.1 Å². The van der Waals surface area contributed by atoms with E-state index in [9.17, 15) is 9.00 Å². The summed E-state index contributed by atoms with van der Waals surface area (Å²) in [6, 6.07) is 8.24. The average molecular weight is 488 g/mol. The summed E-state index contributed by atoms with van der Waals surface area (Å²) in [7, 11) is 6.29. The van der Waals surface area contributed by atoms with Crippen LogP contribution in [-0.2, 0) is 15.8 Å². The SMILES string of the molecule is COc1cc(C)c(S(=O)N(C)CCC(=O)Nc2ccc(N3CCC(N(C)C)CC3)cn2)c(C)c1. The van der Waals surface area contributed by atoms with Crippen molar-refractivity contribution < 1.29 is 13.7 Å². The van der Waals surface area contributed by atoms with Crippen LogP contribution in [0.25, 0.3) is 0 Å². The van der Waals surface area contributed by atoms with E-state index in [4.69, 9.17) is 4.74 Å². The monoisotopic (exact) mass is 487 g/mol. The van der Waals surface area contributed by atoms with Crippen molar-refractivity contribution in [2.75, 3.05) is 58.1 Å². The van der Waals surface area contributed by atoms with Crippen LogP contribution in [0.1, 0.15) is 30.4 Å². The molecule has 0 aliphatic carbocycles. The summed E-state index contributed by atoms with van der Waals surface area (Å²) in [6.45, 7) is 6.22. The van der Waals surface area contributed by atoms with Crippen molar-refractivity contribution in [2.45, 2.75) is 44.0 Å². The van der Waals surface area contributed by atoms with Gasteiger partial charge in [0.05, 0.1) is 23.9 Å². The second-order valence-electron chi connectivity index (χ2n) is 9.07. The van der Waals surface area contributed by atoms with E-state index in [1.165, 1.54) is 0 Å². The van der Waals surface area contributed by atoms with Gasteiger partial charge in [0.25, 0.3) is 0 Å². The first-order chi connectivity index (χ1) is 16.2. The number of benzene rings is 1. The summed E-state index contributed by atoms with van der Waals surface area (Å²) in [6.07, 6.45) is 4.31. The summed E-state index contributed by atoms with van der Waals surface area (Å²) in [5, 5.41) is 2.85. The number of hydrogen-bond donors (Lipinski definition) is 1. The molecule has 1 unspecified atom stereocenters. The number of nitrogens with one attached hydrogen (secondary N) is 1. The Morgan fingerprint density at radius 2 is 1.82 bits per heavy atom. The molecule has 1 aliphatic heterocycles. The Labute approximate surface area is 205 Å². The van der Waals surface area contributed by atoms with Crippen molar-refractivity contribution in [1.29, 1.82) is 0 Å². The number of pyridine rings is 1. The second kappa shape index (κ2) is 11.8. The summed E-state index contributed by atoms with van der Waals surface area (Å²) in [5.74, 6) is 1.12. The maximum atomic E-state index is 13.0. The Morgan fingerprint density at radius 1 is 1.18 bits per heavy atom. The zero-order valence-electron chi connectivity index (χ0n) is 21.1. The molecule has 1 fully saturated rings. The third-order valence-electron chi connectivity index (χ3n) is 6.36. The van der Waals surface area contributed by atoms with Gasteiger partial charge in [-0.3, -0.25) is 4.79 Å². The highest BCUT2D eigenvalue weighted by atomic mass is 32.2. The number of methoxy groups -OCH3 is 1. The Bertz CT molecular complexity index is 981. The summed E-state index contributed by atoms with van der Waals surface area (Å²) >= 11 is 0. The Balaban J connectivity index is 1.50. The van der Waals surface area contributed by atoms with Crippen molar-refractivity contribution in [2.24, 2.45) is 0 Å². The molecule has 2 aromatic rings. The highest BCUT2D eigenvalue weighted by molar-refractivity contribution is 7.82. The van der Waals surface area contributed by atoms with Crippen LogP contribution in [0.15, 0.2) is 35.4 Å². The minimum Gasteiger partial charge on any atom is -0.497 e. The minimum atomic E-state index is -1.36. The molecule has 34 heavy (non-hydrogen) atoms.